The number of aliphatic hydroxyl groups is 1. The summed E-state index contributed by atoms with van der Waals surface area (Å²) in [5, 5.41) is 13.2. The van der Waals surface area contributed by atoms with Crippen LogP contribution in [0.2, 0.25) is 0 Å². The molecule has 1 atom stereocenters. The molecular weight excluding hydrogens is 480 g/mol. The van der Waals surface area contributed by atoms with Crippen LogP contribution in [0.4, 0.5) is 5.69 Å². The number of aliphatic hydroxyl groups excluding tert-OH is 1. The van der Waals surface area contributed by atoms with Gasteiger partial charge < -0.3 is 20.7 Å². The van der Waals surface area contributed by atoms with Gasteiger partial charge in [0.15, 0.2) is 11.2 Å². The summed E-state index contributed by atoms with van der Waals surface area (Å²) in [6.07, 6.45) is 2.02. The Morgan fingerprint density at radius 3 is 2.42 bits per heavy atom. The number of rotatable bonds is 13. The molecule has 0 spiro atoms. The van der Waals surface area contributed by atoms with E-state index in [4.69, 9.17) is 10.7 Å². The van der Waals surface area contributed by atoms with Crippen LogP contribution in [0.3, 0.4) is 0 Å². The lowest BCUT2D eigenvalue weighted by Gasteiger charge is -2.14. The summed E-state index contributed by atoms with van der Waals surface area (Å²) >= 11 is 0. The van der Waals surface area contributed by atoms with Crippen LogP contribution >= 0.6 is 0 Å². The van der Waals surface area contributed by atoms with E-state index in [2.05, 4.69) is 5.32 Å². The molecule has 2 heterocycles. The summed E-state index contributed by atoms with van der Waals surface area (Å²) in [6.45, 7) is 6.13. The molecular formula is C29H38N6O3. The second kappa shape index (κ2) is 12.7. The van der Waals surface area contributed by atoms with E-state index >= 15 is 0 Å². The molecule has 0 aliphatic rings. The largest absolute Gasteiger partial charge is 0.399 e. The SMILES string of the molecule is CCCn1c(=O)c2c(nc(Cc3cccc(N)c3)n2CCNCC(O)CC)n(CCc2ccccc2)c1=O. The van der Waals surface area contributed by atoms with E-state index in [1.54, 1.807) is 4.57 Å². The number of aryl methyl sites for hydroxylation is 2. The van der Waals surface area contributed by atoms with Gasteiger partial charge in [-0.15, -0.1) is 0 Å². The Hall–Kier alpha value is -3.69. The minimum Gasteiger partial charge on any atom is -0.399 e. The van der Waals surface area contributed by atoms with Crippen molar-refractivity contribution in [3.63, 3.8) is 0 Å². The summed E-state index contributed by atoms with van der Waals surface area (Å²) < 4.78 is 4.91. The molecule has 0 fully saturated rings. The Labute approximate surface area is 222 Å². The summed E-state index contributed by atoms with van der Waals surface area (Å²) in [4.78, 5) is 32.1. The van der Waals surface area contributed by atoms with Gasteiger partial charge in [0.25, 0.3) is 5.56 Å². The zero-order valence-electron chi connectivity index (χ0n) is 22.3. The zero-order valence-corrected chi connectivity index (χ0v) is 22.3. The first-order valence-electron chi connectivity index (χ1n) is 13.4. The molecule has 9 heteroatoms. The van der Waals surface area contributed by atoms with Crippen molar-refractivity contribution in [3.8, 4) is 0 Å². The van der Waals surface area contributed by atoms with E-state index in [-0.39, 0.29) is 11.2 Å². The normalized spacial score (nSPS) is 12.3. The highest BCUT2D eigenvalue weighted by Gasteiger charge is 2.21. The van der Waals surface area contributed by atoms with Crippen molar-refractivity contribution in [1.29, 1.82) is 0 Å². The van der Waals surface area contributed by atoms with Crippen molar-refractivity contribution < 1.29 is 5.11 Å². The van der Waals surface area contributed by atoms with Crippen LogP contribution in [0, 0.1) is 0 Å². The topological polar surface area (TPSA) is 120 Å². The molecule has 0 aliphatic carbocycles. The third-order valence-electron chi connectivity index (χ3n) is 6.78. The Balaban J connectivity index is 1.82. The lowest BCUT2D eigenvalue weighted by atomic mass is 10.1. The van der Waals surface area contributed by atoms with Gasteiger partial charge in [0, 0.05) is 44.8 Å². The maximum Gasteiger partial charge on any atom is 0.332 e. The molecule has 0 radical (unpaired) electrons. The van der Waals surface area contributed by atoms with E-state index < -0.39 is 6.10 Å². The minimum absolute atomic E-state index is 0.317. The van der Waals surface area contributed by atoms with E-state index in [0.29, 0.717) is 81.1 Å². The van der Waals surface area contributed by atoms with Crippen LogP contribution in [0.1, 0.15) is 43.6 Å². The maximum atomic E-state index is 13.7. The molecule has 0 bridgehead atoms. The lowest BCUT2D eigenvalue weighted by Crippen LogP contribution is -2.41. The lowest BCUT2D eigenvalue weighted by molar-refractivity contribution is 0.167. The van der Waals surface area contributed by atoms with Gasteiger partial charge in [0.2, 0.25) is 0 Å². The Morgan fingerprint density at radius 2 is 1.71 bits per heavy atom. The summed E-state index contributed by atoms with van der Waals surface area (Å²) in [5.41, 5.74) is 8.96. The molecule has 38 heavy (non-hydrogen) atoms. The zero-order chi connectivity index (χ0) is 27.1. The fourth-order valence-electron chi connectivity index (χ4n) is 4.71. The number of aromatic nitrogens is 4. The molecule has 0 aliphatic heterocycles. The molecule has 202 valence electrons. The predicted molar refractivity (Wildman–Crippen MR) is 152 cm³/mol. The van der Waals surface area contributed by atoms with Crippen molar-refractivity contribution in [2.45, 2.75) is 65.3 Å². The van der Waals surface area contributed by atoms with Crippen molar-refractivity contribution >= 4 is 16.9 Å². The van der Waals surface area contributed by atoms with Gasteiger partial charge in [0.05, 0.1) is 6.10 Å². The van der Waals surface area contributed by atoms with E-state index in [0.717, 1.165) is 11.1 Å². The highest BCUT2D eigenvalue weighted by atomic mass is 16.3. The molecule has 4 rings (SSSR count). The monoisotopic (exact) mass is 518 g/mol. The number of nitrogen functional groups attached to an aromatic ring is 1. The number of hydrogen-bond acceptors (Lipinski definition) is 6. The summed E-state index contributed by atoms with van der Waals surface area (Å²) in [7, 11) is 0. The Kier molecular flexibility index (Phi) is 9.15. The molecule has 2 aromatic heterocycles. The summed E-state index contributed by atoms with van der Waals surface area (Å²) in [6, 6.07) is 17.6. The van der Waals surface area contributed by atoms with Crippen molar-refractivity contribution in [3.05, 3.63) is 92.4 Å². The third kappa shape index (κ3) is 6.23. The molecule has 0 amide bonds. The average Bonchev–Trinajstić information content (AvgIpc) is 3.27. The van der Waals surface area contributed by atoms with Crippen LogP contribution in [-0.4, -0.2) is 43.0 Å². The fraction of sp³-hybridized carbons (Fsp3) is 0.414. The number of hydrogen-bond donors (Lipinski definition) is 3. The number of nitrogens with two attached hydrogens (primary N) is 1. The van der Waals surface area contributed by atoms with Gasteiger partial charge in [-0.25, -0.2) is 9.78 Å². The van der Waals surface area contributed by atoms with Gasteiger partial charge in [-0.05, 0) is 42.5 Å². The van der Waals surface area contributed by atoms with Crippen LogP contribution in [-0.2, 0) is 32.5 Å². The first-order valence-corrected chi connectivity index (χ1v) is 13.4. The average molecular weight is 519 g/mol. The number of nitrogens with one attached hydrogen (secondary N) is 1. The first kappa shape index (κ1) is 27.3. The first-order chi connectivity index (χ1) is 18.4. The van der Waals surface area contributed by atoms with Crippen LogP contribution in [0.25, 0.3) is 11.2 Å². The third-order valence-corrected chi connectivity index (χ3v) is 6.78. The van der Waals surface area contributed by atoms with Gasteiger partial charge in [-0.2, -0.15) is 0 Å². The standard InChI is InChI=1S/C29H38N6O3/c1-3-15-35-28(37)26-27(34(29(35)38)16-13-21-9-6-5-7-10-21)32-25(19-22-11-8-12-23(30)18-22)33(26)17-14-31-20-24(36)4-2/h5-12,18,24,31,36H,3-4,13-17,19-20,30H2,1-2H3. The number of anilines is 1. The molecule has 0 saturated carbocycles. The van der Waals surface area contributed by atoms with E-state index in [9.17, 15) is 14.7 Å². The quantitative estimate of drug-likeness (QED) is 0.185. The molecule has 0 saturated heterocycles. The second-order valence-corrected chi connectivity index (χ2v) is 9.67. The number of imidazole rings is 1. The number of fused-ring (bicyclic) bond motifs is 1. The Morgan fingerprint density at radius 1 is 0.947 bits per heavy atom. The number of benzene rings is 2. The Bertz CT molecular complexity index is 1470. The van der Waals surface area contributed by atoms with Crippen molar-refractivity contribution in [2.24, 2.45) is 0 Å². The van der Waals surface area contributed by atoms with Gasteiger partial charge in [0.1, 0.15) is 5.82 Å². The smallest absolute Gasteiger partial charge is 0.332 e. The van der Waals surface area contributed by atoms with Crippen molar-refractivity contribution in [1.82, 2.24) is 24.0 Å². The van der Waals surface area contributed by atoms with Gasteiger partial charge in [-0.1, -0.05) is 56.3 Å². The van der Waals surface area contributed by atoms with Crippen LogP contribution < -0.4 is 22.3 Å². The molecule has 1 unspecified atom stereocenters. The highest BCUT2D eigenvalue weighted by molar-refractivity contribution is 5.71. The van der Waals surface area contributed by atoms with E-state index in [1.165, 1.54) is 4.57 Å². The molecule has 4 aromatic rings. The van der Waals surface area contributed by atoms with E-state index in [1.807, 2.05) is 73.0 Å². The van der Waals surface area contributed by atoms with Crippen molar-refractivity contribution in [2.75, 3.05) is 18.8 Å². The molecule has 9 nitrogen and oxygen atoms in total. The van der Waals surface area contributed by atoms with Crippen LogP contribution in [0.5, 0.6) is 0 Å². The molecule has 4 N–H and O–H groups in total. The van der Waals surface area contributed by atoms with Crippen LogP contribution in [0.15, 0.2) is 64.2 Å². The second-order valence-electron chi connectivity index (χ2n) is 9.67. The van der Waals surface area contributed by atoms with Gasteiger partial charge in [-0.3, -0.25) is 13.9 Å². The predicted octanol–water partition coefficient (Wildman–Crippen LogP) is 2.55. The number of nitrogens with zero attached hydrogens (tertiary/aromatic N) is 4. The molecule has 2 aromatic carbocycles. The summed E-state index contributed by atoms with van der Waals surface area (Å²) in [5.74, 6) is 0.697. The maximum absolute atomic E-state index is 13.7. The highest BCUT2D eigenvalue weighted by Crippen LogP contribution is 2.18. The fourth-order valence-corrected chi connectivity index (χ4v) is 4.71. The van der Waals surface area contributed by atoms with Gasteiger partial charge >= 0.3 is 5.69 Å². The minimum atomic E-state index is -0.425.